The molecule has 98 valence electrons. The SMILES string of the molecule is Cc1ccc(-c2cc(C)c3c(n2)-c2ccccc2C3)s1. The molecule has 1 aliphatic rings. The Morgan fingerprint density at radius 3 is 2.70 bits per heavy atom. The molecule has 2 aromatic heterocycles. The molecule has 0 saturated heterocycles. The second-order valence-electron chi connectivity index (χ2n) is 5.40. The lowest BCUT2D eigenvalue weighted by atomic mass is 10.1. The van der Waals surface area contributed by atoms with Gasteiger partial charge >= 0.3 is 0 Å². The van der Waals surface area contributed by atoms with Crippen molar-refractivity contribution in [2.45, 2.75) is 20.3 Å². The maximum Gasteiger partial charge on any atom is 0.0812 e. The number of nitrogens with zero attached hydrogens (tertiary/aromatic N) is 1. The van der Waals surface area contributed by atoms with Crippen LogP contribution in [0.5, 0.6) is 0 Å². The number of aromatic nitrogens is 1. The molecule has 0 amide bonds. The van der Waals surface area contributed by atoms with Gasteiger partial charge in [-0.05, 0) is 48.7 Å². The van der Waals surface area contributed by atoms with E-state index in [0.29, 0.717) is 0 Å². The van der Waals surface area contributed by atoms with Crippen LogP contribution in [0, 0.1) is 13.8 Å². The summed E-state index contributed by atoms with van der Waals surface area (Å²) in [5.41, 5.74) is 7.74. The smallest absolute Gasteiger partial charge is 0.0812 e. The summed E-state index contributed by atoms with van der Waals surface area (Å²) in [6.07, 6.45) is 1.02. The third-order valence-corrected chi connectivity index (χ3v) is 5.00. The summed E-state index contributed by atoms with van der Waals surface area (Å²) in [6, 6.07) is 15.2. The number of thiophene rings is 1. The van der Waals surface area contributed by atoms with Crippen LogP contribution in [0.15, 0.2) is 42.5 Å². The maximum atomic E-state index is 4.95. The number of hydrogen-bond acceptors (Lipinski definition) is 2. The van der Waals surface area contributed by atoms with Crippen molar-refractivity contribution in [3.05, 3.63) is 64.0 Å². The lowest BCUT2D eigenvalue weighted by molar-refractivity contribution is 1.18. The predicted molar refractivity (Wildman–Crippen MR) is 85.3 cm³/mol. The summed E-state index contributed by atoms with van der Waals surface area (Å²) in [6.45, 7) is 4.35. The van der Waals surface area contributed by atoms with E-state index >= 15 is 0 Å². The van der Waals surface area contributed by atoms with Gasteiger partial charge in [0.25, 0.3) is 0 Å². The highest BCUT2D eigenvalue weighted by molar-refractivity contribution is 7.15. The Labute approximate surface area is 122 Å². The third kappa shape index (κ3) is 1.72. The molecular weight excluding hydrogens is 262 g/mol. The van der Waals surface area contributed by atoms with Gasteiger partial charge in [-0.3, -0.25) is 0 Å². The summed E-state index contributed by atoms with van der Waals surface area (Å²) in [7, 11) is 0. The summed E-state index contributed by atoms with van der Waals surface area (Å²) >= 11 is 1.81. The van der Waals surface area contributed by atoms with Gasteiger partial charge in [-0.15, -0.1) is 11.3 Å². The first-order valence-corrected chi connectivity index (χ1v) is 7.69. The molecule has 20 heavy (non-hydrogen) atoms. The molecule has 0 bridgehead atoms. The fraction of sp³-hybridized carbons (Fsp3) is 0.167. The van der Waals surface area contributed by atoms with E-state index < -0.39 is 0 Å². The van der Waals surface area contributed by atoms with Gasteiger partial charge in [-0.2, -0.15) is 0 Å². The minimum Gasteiger partial charge on any atom is -0.247 e. The van der Waals surface area contributed by atoms with Crippen molar-refractivity contribution in [1.29, 1.82) is 0 Å². The molecule has 1 aliphatic carbocycles. The molecule has 0 aliphatic heterocycles. The minimum atomic E-state index is 1.02. The number of aryl methyl sites for hydroxylation is 2. The van der Waals surface area contributed by atoms with Gasteiger partial charge in [0, 0.05) is 16.9 Å². The molecule has 0 radical (unpaired) electrons. The molecule has 0 unspecified atom stereocenters. The fourth-order valence-corrected chi connectivity index (χ4v) is 3.77. The van der Waals surface area contributed by atoms with E-state index in [9.17, 15) is 0 Å². The Balaban J connectivity index is 1.94. The van der Waals surface area contributed by atoms with Crippen LogP contribution in [0.3, 0.4) is 0 Å². The van der Waals surface area contributed by atoms with Crippen LogP contribution in [0.2, 0.25) is 0 Å². The highest BCUT2D eigenvalue weighted by atomic mass is 32.1. The van der Waals surface area contributed by atoms with E-state index in [1.165, 1.54) is 37.7 Å². The summed E-state index contributed by atoms with van der Waals surface area (Å²) in [5, 5.41) is 0. The highest BCUT2D eigenvalue weighted by Gasteiger charge is 2.22. The van der Waals surface area contributed by atoms with Gasteiger partial charge in [-0.1, -0.05) is 24.3 Å². The second kappa shape index (κ2) is 4.29. The van der Waals surface area contributed by atoms with Crippen LogP contribution in [0.4, 0.5) is 0 Å². The number of pyridine rings is 1. The maximum absolute atomic E-state index is 4.95. The van der Waals surface area contributed by atoms with Crippen molar-refractivity contribution in [3.8, 4) is 21.8 Å². The van der Waals surface area contributed by atoms with Crippen molar-refractivity contribution in [3.63, 3.8) is 0 Å². The molecule has 0 N–H and O–H groups in total. The number of hydrogen-bond donors (Lipinski definition) is 0. The first-order chi connectivity index (χ1) is 9.72. The normalized spacial score (nSPS) is 12.3. The van der Waals surface area contributed by atoms with Gasteiger partial charge in [0.05, 0.1) is 16.3 Å². The van der Waals surface area contributed by atoms with Crippen molar-refractivity contribution in [2.24, 2.45) is 0 Å². The van der Waals surface area contributed by atoms with E-state index in [1.54, 1.807) is 0 Å². The zero-order chi connectivity index (χ0) is 13.7. The van der Waals surface area contributed by atoms with Crippen molar-refractivity contribution in [1.82, 2.24) is 4.98 Å². The topological polar surface area (TPSA) is 12.9 Å². The fourth-order valence-electron chi connectivity index (χ4n) is 2.94. The zero-order valence-electron chi connectivity index (χ0n) is 11.6. The van der Waals surface area contributed by atoms with Crippen LogP contribution in [0.1, 0.15) is 21.6 Å². The van der Waals surface area contributed by atoms with Gasteiger partial charge in [0.2, 0.25) is 0 Å². The zero-order valence-corrected chi connectivity index (χ0v) is 12.4. The Kier molecular flexibility index (Phi) is 2.54. The molecule has 0 spiro atoms. The standard InChI is InChI=1S/C18H15NS/c1-11-9-16(17-8-7-12(2)20-17)19-18-14-6-4-3-5-13(14)10-15(11)18/h3-9H,10H2,1-2H3. The first-order valence-electron chi connectivity index (χ1n) is 6.88. The molecule has 0 atom stereocenters. The first kappa shape index (κ1) is 11.9. The van der Waals surface area contributed by atoms with Gasteiger partial charge in [0.15, 0.2) is 0 Å². The van der Waals surface area contributed by atoms with Crippen molar-refractivity contribution in [2.75, 3.05) is 0 Å². The summed E-state index contributed by atoms with van der Waals surface area (Å²) < 4.78 is 0. The van der Waals surface area contributed by atoms with E-state index in [2.05, 4.69) is 56.3 Å². The third-order valence-electron chi connectivity index (χ3n) is 3.98. The Morgan fingerprint density at radius 2 is 1.90 bits per heavy atom. The quantitative estimate of drug-likeness (QED) is 0.477. The van der Waals surface area contributed by atoms with Crippen LogP contribution >= 0.6 is 11.3 Å². The lowest BCUT2D eigenvalue weighted by Crippen LogP contribution is -1.92. The molecule has 0 fully saturated rings. The number of rotatable bonds is 1. The largest absolute Gasteiger partial charge is 0.247 e. The van der Waals surface area contributed by atoms with E-state index in [-0.39, 0.29) is 0 Å². The molecule has 2 heterocycles. The van der Waals surface area contributed by atoms with Gasteiger partial charge < -0.3 is 0 Å². The number of benzene rings is 1. The average Bonchev–Trinajstić information content (AvgIpc) is 3.03. The Morgan fingerprint density at radius 1 is 1.05 bits per heavy atom. The minimum absolute atomic E-state index is 1.02. The molecule has 4 rings (SSSR count). The van der Waals surface area contributed by atoms with E-state index in [1.807, 2.05) is 11.3 Å². The average molecular weight is 277 g/mol. The van der Waals surface area contributed by atoms with Crippen molar-refractivity contribution < 1.29 is 0 Å². The highest BCUT2D eigenvalue weighted by Crippen LogP contribution is 2.39. The lowest BCUT2D eigenvalue weighted by Gasteiger charge is -2.07. The van der Waals surface area contributed by atoms with Gasteiger partial charge in [0.1, 0.15) is 0 Å². The van der Waals surface area contributed by atoms with Crippen LogP contribution in [-0.2, 0) is 6.42 Å². The van der Waals surface area contributed by atoms with E-state index in [0.717, 1.165) is 12.1 Å². The van der Waals surface area contributed by atoms with E-state index in [4.69, 9.17) is 4.98 Å². The molecule has 3 aromatic rings. The van der Waals surface area contributed by atoms with Crippen LogP contribution < -0.4 is 0 Å². The van der Waals surface area contributed by atoms with Crippen molar-refractivity contribution >= 4 is 11.3 Å². The number of fused-ring (bicyclic) bond motifs is 3. The monoisotopic (exact) mass is 277 g/mol. The molecular formula is C18H15NS. The van der Waals surface area contributed by atoms with Crippen LogP contribution in [-0.4, -0.2) is 4.98 Å². The molecule has 1 aromatic carbocycles. The molecule has 1 nitrogen and oxygen atoms in total. The predicted octanol–water partition coefficient (Wildman–Crippen LogP) is 5.00. The Hall–Kier alpha value is -1.93. The van der Waals surface area contributed by atoms with Crippen LogP contribution in [0.25, 0.3) is 21.8 Å². The summed E-state index contributed by atoms with van der Waals surface area (Å²) in [4.78, 5) is 7.54. The van der Waals surface area contributed by atoms with Gasteiger partial charge in [-0.25, -0.2) is 4.98 Å². The Bertz CT molecular complexity index is 814. The summed E-state index contributed by atoms with van der Waals surface area (Å²) in [5.74, 6) is 0. The molecule has 2 heteroatoms. The molecule has 0 saturated carbocycles. The second-order valence-corrected chi connectivity index (χ2v) is 6.68.